The highest BCUT2D eigenvalue weighted by atomic mass is 32.1. The quantitative estimate of drug-likeness (QED) is 0.571. The predicted molar refractivity (Wildman–Crippen MR) is 84.7 cm³/mol. The largest absolute Gasteiger partial charge is 0.507 e. The van der Waals surface area contributed by atoms with Gasteiger partial charge in [-0.05, 0) is 48.7 Å². The summed E-state index contributed by atoms with van der Waals surface area (Å²) in [5.41, 5.74) is 1.34. The maximum absolute atomic E-state index is 10.9. The van der Waals surface area contributed by atoms with Crippen molar-refractivity contribution in [1.82, 2.24) is 0 Å². The van der Waals surface area contributed by atoms with E-state index in [1.54, 1.807) is 23.5 Å². The number of phenols is 1. The van der Waals surface area contributed by atoms with E-state index in [2.05, 4.69) is 19.1 Å². The Hall–Kier alpha value is -1.61. The molecule has 0 aliphatic heterocycles. The summed E-state index contributed by atoms with van der Waals surface area (Å²) in [7, 11) is 0. The molecule has 0 radical (unpaired) electrons. The van der Waals surface area contributed by atoms with E-state index < -0.39 is 0 Å². The Morgan fingerprint density at radius 3 is 2.75 bits per heavy atom. The van der Waals surface area contributed by atoms with Gasteiger partial charge in [-0.3, -0.25) is 4.79 Å². The number of unbranched alkanes of at least 4 members (excludes halogenated alkanes) is 3. The normalized spacial score (nSPS) is 10.7. The number of thiophene rings is 1. The van der Waals surface area contributed by atoms with Crippen molar-refractivity contribution in [2.24, 2.45) is 0 Å². The summed E-state index contributed by atoms with van der Waals surface area (Å²) < 4.78 is 0. The van der Waals surface area contributed by atoms with Crippen LogP contribution in [0.4, 0.5) is 0 Å². The summed E-state index contributed by atoms with van der Waals surface area (Å²) in [6.45, 7) is 2.22. The Balaban J connectivity index is 2.06. The predicted octanol–water partition coefficient (Wildman–Crippen LogP) is 5.06. The number of hydrogen-bond donors (Lipinski definition) is 1. The average molecular weight is 288 g/mol. The van der Waals surface area contributed by atoms with Crippen molar-refractivity contribution in [2.75, 3.05) is 0 Å². The van der Waals surface area contributed by atoms with Crippen LogP contribution in [-0.4, -0.2) is 11.4 Å². The maximum Gasteiger partial charge on any atom is 0.153 e. The van der Waals surface area contributed by atoms with Crippen molar-refractivity contribution in [1.29, 1.82) is 0 Å². The highest BCUT2D eigenvalue weighted by Crippen LogP contribution is 2.31. The number of hydrogen-bond acceptors (Lipinski definition) is 3. The molecule has 20 heavy (non-hydrogen) atoms. The molecule has 1 N–H and O–H groups in total. The van der Waals surface area contributed by atoms with Crippen molar-refractivity contribution in [3.05, 3.63) is 40.8 Å². The van der Waals surface area contributed by atoms with Crippen LogP contribution in [0.3, 0.4) is 0 Å². The molecule has 0 fully saturated rings. The van der Waals surface area contributed by atoms with Crippen LogP contribution in [0.2, 0.25) is 0 Å². The Kier molecular flexibility index (Phi) is 5.36. The lowest BCUT2D eigenvalue weighted by atomic mass is 10.1. The molecule has 0 aliphatic carbocycles. The van der Waals surface area contributed by atoms with Crippen molar-refractivity contribution < 1.29 is 9.90 Å². The molecule has 2 rings (SSSR count). The first kappa shape index (κ1) is 14.8. The SMILES string of the molecule is CCCCCCc1ccc(-c2ccc(O)c(C=O)c2)s1. The third-order valence-electron chi connectivity index (χ3n) is 3.38. The van der Waals surface area contributed by atoms with Crippen molar-refractivity contribution in [3.63, 3.8) is 0 Å². The molecule has 0 aliphatic rings. The van der Waals surface area contributed by atoms with E-state index in [-0.39, 0.29) is 5.75 Å². The molecule has 1 aromatic carbocycles. The van der Waals surface area contributed by atoms with E-state index in [9.17, 15) is 9.90 Å². The third kappa shape index (κ3) is 3.70. The molecule has 2 nitrogen and oxygen atoms in total. The lowest BCUT2D eigenvalue weighted by Crippen LogP contribution is -1.82. The number of aldehydes is 1. The number of aromatic hydroxyl groups is 1. The summed E-state index contributed by atoms with van der Waals surface area (Å²) in [5.74, 6) is 0.0418. The van der Waals surface area contributed by atoms with Gasteiger partial charge in [-0.2, -0.15) is 0 Å². The maximum atomic E-state index is 10.9. The second kappa shape index (κ2) is 7.25. The van der Waals surface area contributed by atoms with E-state index in [0.29, 0.717) is 11.8 Å². The van der Waals surface area contributed by atoms with E-state index in [0.717, 1.165) is 16.9 Å². The number of rotatable bonds is 7. The van der Waals surface area contributed by atoms with Crippen LogP contribution in [0.15, 0.2) is 30.3 Å². The van der Waals surface area contributed by atoms with Crippen molar-refractivity contribution >= 4 is 17.6 Å². The van der Waals surface area contributed by atoms with Crippen LogP contribution >= 0.6 is 11.3 Å². The van der Waals surface area contributed by atoms with Gasteiger partial charge in [0.05, 0.1) is 5.56 Å². The van der Waals surface area contributed by atoms with Crippen LogP contribution in [0, 0.1) is 0 Å². The first-order valence-electron chi connectivity index (χ1n) is 7.12. The van der Waals surface area contributed by atoms with Crippen molar-refractivity contribution in [2.45, 2.75) is 39.0 Å². The standard InChI is InChI=1S/C17H20O2S/c1-2-3-4-5-6-15-8-10-17(20-15)13-7-9-16(19)14(11-13)12-18/h7-12,19H,2-6H2,1H3. The zero-order valence-corrected chi connectivity index (χ0v) is 12.6. The van der Waals surface area contributed by atoms with Crippen LogP contribution in [0.25, 0.3) is 10.4 Å². The van der Waals surface area contributed by atoms with E-state index >= 15 is 0 Å². The molecule has 3 heteroatoms. The molecule has 1 heterocycles. The molecule has 0 unspecified atom stereocenters. The highest BCUT2D eigenvalue weighted by Gasteiger charge is 2.06. The summed E-state index contributed by atoms with van der Waals surface area (Å²) >= 11 is 1.77. The van der Waals surface area contributed by atoms with Crippen LogP contribution in [-0.2, 0) is 6.42 Å². The van der Waals surface area contributed by atoms with Crippen LogP contribution < -0.4 is 0 Å². The van der Waals surface area contributed by atoms with Gasteiger partial charge in [-0.25, -0.2) is 0 Å². The number of carbonyl (C=O) groups is 1. The van der Waals surface area contributed by atoms with E-state index in [1.165, 1.54) is 30.6 Å². The van der Waals surface area contributed by atoms with Crippen molar-refractivity contribution in [3.8, 4) is 16.2 Å². The molecule has 0 spiro atoms. The zero-order chi connectivity index (χ0) is 14.4. The minimum atomic E-state index is 0.0418. The molecule has 0 atom stereocenters. The Morgan fingerprint density at radius 2 is 2.00 bits per heavy atom. The molecule has 0 saturated heterocycles. The van der Waals surface area contributed by atoms with Gasteiger partial charge in [0, 0.05) is 9.75 Å². The molecule has 1 aromatic heterocycles. The fourth-order valence-electron chi connectivity index (χ4n) is 2.20. The Labute approximate surface area is 124 Å². The lowest BCUT2D eigenvalue weighted by molar-refractivity contribution is 0.112. The smallest absolute Gasteiger partial charge is 0.153 e. The van der Waals surface area contributed by atoms with Gasteiger partial charge in [0.1, 0.15) is 5.75 Å². The molecule has 0 amide bonds. The van der Waals surface area contributed by atoms with Crippen LogP contribution in [0.1, 0.15) is 47.8 Å². The summed E-state index contributed by atoms with van der Waals surface area (Å²) in [5, 5.41) is 9.53. The number of aryl methyl sites for hydroxylation is 1. The van der Waals surface area contributed by atoms with Gasteiger partial charge in [0.15, 0.2) is 6.29 Å². The second-order valence-corrected chi connectivity index (χ2v) is 6.14. The van der Waals surface area contributed by atoms with Gasteiger partial charge in [-0.15, -0.1) is 11.3 Å². The monoisotopic (exact) mass is 288 g/mol. The molecular weight excluding hydrogens is 268 g/mol. The zero-order valence-electron chi connectivity index (χ0n) is 11.8. The van der Waals surface area contributed by atoms with E-state index in [4.69, 9.17) is 0 Å². The van der Waals surface area contributed by atoms with Gasteiger partial charge in [0.25, 0.3) is 0 Å². The molecule has 0 bridgehead atoms. The second-order valence-electron chi connectivity index (χ2n) is 4.97. The van der Waals surface area contributed by atoms with E-state index in [1.807, 2.05) is 6.07 Å². The van der Waals surface area contributed by atoms with Gasteiger partial charge < -0.3 is 5.11 Å². The summed E-state index contributed by atoms with van der Waals surface area (Å²) in [4.78, 5) is 13.4. The molecule has 106 valence electrons. The number of phenolic OH excluding ortho intramolecular Hbond substituents is 1. The Bertz CT molecular complexity index is 572. The minimum absolute atomic E-state index is 0.0418. The van der Waals surface area contributed by atoms with Gasteiger partial charge in [0.2, 0.25) is 0 Å². The summed E-state index contributed by atoms with van der Waals surface area (Å²) in [6.07, 6.45) is 6.92. The first-order valence-corrected chi connectivity index (χ1v) is 7.93. The molecule has 0 saturated carbocycles. The van der Waals surface area contributed by atoms with Gasteiger partial charge >= 0.3 is 0 Å². The topological polar surface area (TPSA) is 37.3 Å². The number of carbonyl (C=O) groups excluding carboxylic acids is 1. The average Bonchev–Trinajstić information content (AvgIpc) is 2.93. The third-order valence-corrected chi connectivity index (χ3v) is 4.57. The lowest BCUT2D eigenvalue weighted by Gasteiger charge is -2.01. The minimum Gasteiger partial charge on any atom is -0.507 e. The Morgan fingerprint density at radius 1 is 1.15 bits per heavy atom. The summed E-state index contributed by atoms with van der Waals surface area (Å²) in [6, 6.07) is 9.45. The molecular formula is C17H20O2S. The highest BCUT2D eigenvalue weighted by molar-refractivity contribution is 7.15. The first-order chi connectivity index (χ1) is 9.74. The van der Waals surface area contributed by atoms with Crippen LogP contribution in [0.5, 0.6) is 5.75 Å². The fraction of sp³-hybridized carbons (Fsp3) is 0.353. The van der Waals surface area contributed by atoms with Gasteiger partial charge in [-0.1, -0.05) is 26.2 Å². The number of benzene rings is 1. The molecule has 2 aromatic rings. The fourth-order valence-corrected chi connectivity index (χ4v) is 3.24.